The van der Waals surface area contributed by atoms with Crippen molar-refractivity contribution in [3.63, 3.8) is 0 Å². The largest absolute Gasteiger partial charge is 0.455 e. The van der Waals surface area contributed by atoms with Crippen LogP contribution in [0.5, 0.6) is 0 Å². The monoisotopic (exact) mass is 510 g/mol. The number of nitrogens with zero attached hydrogens (tertiary/aromatic N) is 2. The second-order valence-corrected chi connectivity index (χ2v) is 13.5. The van der Waals surface area contributed by atoms with Crippen molar-refractivity contribution in [3.05, 3.63) is 0 Å². The summed E-state index contributed by atoms with van der Waals surface area (Å²) in [5.74, 6) is 2.92. The first-order chi connectivity index (χ1) is 13.1. The Hall–Kier alpha value is 1.04. The molecule has 0 bridgehead atoms. The van der Waals surface area contributed by atoms with Gasteiger partial charge in [0.25, 0.3) is 0 Å². The highest BCUT2D eigenvalue weighted by Crippen LogP contribution is 2.52. The normalized spacial score (nSPS) is 20.9. The first kappa shape index (κ1) is 27.1. The van der Waals surface area contributed by atoms with Crippen molar-refractivity contribution in [2.45, 2.75) is 45.3 Å². The maximum Gasteiger partial charge on any atom is 0.455 e. The molecule has 0 unspecified atom stereocenters. The van der Waals surface area contributed by atoms with E-state index in [1.807, 2.05) is 0 Å². The summed E-state index contributed by atoms with van der Waals surface area (Å²) in [6.07, 6.45) is 2.00. The van der Waals surface area contributed by atoms with Gasteiger partial charge in [-0.1, -0.05) is 60.9 Å². The van der Waals surface area contributed by atoms with Crippen molar-refractivity contribution in [2.75, 3.05) is 30.5 Å². The molecule has 0 saturated carbocycles. The zero-order valence-electron chi connectivity index (χ0n) is 16.4. The lowest BCUT2D eigenvalue weighted by Crippen LogP contribution is -2.21. The zero-order valence-corrected chi connectivity index (χ0v) is 21.5. The van der Waals surface area contributed by atoms with E-state index in [-0.39, 0.29) is 4.75 Å². The molecule has 2 aliphatic rings. The topological polar surface area (TPSA) is 118 Å². The van der Waals surface area contributed by atoms with Crippen molar-refractivity contribution in [2.24, 2.45) is 9.53 Å². The first-order valence-electron chi connectivity index (χ1n) is 8.83. The van der Waals surface area contributed by atoms with Crippen molar-refractivity contribution < 1.29 is 28.0 Å². The van der Waals surface area contributed by atoms with Gasteiger partial charge in [-0.25, -0.2) is 9.13 Å². The molecule has 28 heavy (non-hydrogen) atoms. The van der Waals surface area contributed by atoms with Gasteiger partial charge in [0.15, 0.2) is 0 Å². The highest BCUT2D eigenvalue weighted by atomic mass is 32.2. The summed E-state index contributed by atoms with van der Waals surface area (Å²) in [5, 5.41) is 0. The van der Waals surface area contributed by atoms with E-state index in [1.54, 1.807) is 37.4 Å². The van der Waals surface area contributed by atoms with Gasteiger partial charge in [0.2, 0.25) is 0 Å². The van der Waals surface area contributed by atoms with E-state index >= 15 is 0 Å². The SMILES string of the molecule is CCC1(CC)CSC(=NP(=O)(O)O)S1.CCOP(=O)(N=C1SCCS1)OCC. The molecule has 0 aromatic rings. The van der Waals surface area contributed by atoms with Gasteiger partial charge in [-0.2, -0.15) is 9.53 Å². The van der Waals surface area contributed by atoms with Crippen LogP contribution in [0.2, 0.25) is 0 Å². The minimum atomic E-state index is -4.25. The molecule has 0 aromatic heterocycles. The molecule has 0 radical (unpaired) electrons. The molecule has 0 spiro atoms. The molecule has 2 rings (SSSR count). The highest BCUT2D eigenvalue weighted by Gasteiger charge is 2.36. The number of hydrogen-bond acceptors (Lipinski definition) is 8. The Bertz CT molecular complexity index is 636. The van der Waals surface area contributed by atoms with E-state index in [4.69, 9.17) is 18.8 Å². The third kappa shape index (κ3) is 9.90. The van der Waals surface area contributed by atoms with Gasteiger partial charge in [0.05, 0.1) is 13.2 Å². The first-order valence-corrected chi connectivity index (χ1v) is 15.7. The lowest BCUT2D eigenvalue weighted by atomic mass is 10.1. The summed E-state index contributed by atoms with van der Waals surface area (Å²) in [5.41, 5.74) is 0. The van der Waals surface area contributed by atoms with Crippen LogP contribution in [-0.2, 0) is 18.2 Å². The molecule has 8 nitrogen and oxygen atoms in total. The Balaban J connectivity index is 0.000000280. The molecular weight excluding hydrogens is 482 g/mol. The Morgan fingerprint density at radius 2 is 1.46 bits per heavy atom. The quantitative estimate of drug-likeness (QED) is 0.407. The molecule has 0 atom stereocenters. The predicted octanol–water partition coefficient (Wildman–Crippen LogP) is 5.48. The second kappa shape index (κ2) is 12.8. The summed E-state index contributed by atoms with van der Waals surface area (Å²) >= 11 is 6.16. The van der Waals surface area contributed by atoms with Gasteiger partial charge in [-0.15, -0.1) is 0 Å². The van der Waals surface area contributed by atoms with Crippen molar-refractivity contribution >= 4 is 71.3 Å². The fourth-order valence-corrected chi connectivity index (χ4v) is 10.1. The molecule has 164 valence electrons. The van der Waals surface area contributed by atoms with Crippen LogP contribution in [0.3, 0.4) is 0 Å². The van der Waals surface area contributed by atoms with E-state index in [1.165, 1.54) is 23.5 Å². The molecule has 2 N–H and O–H groups in total. The van der Waals surface area contributed by atoms with Crippen LogP contribution in [-0.4, -0.2) is 53.8 Å². The van der Waals surface area contributed by atoms with E-state index < -0.39 is 15.5 Å². The third-order valence-electron chi connectivity index (χ3n) is 3.59. The summed E-state index contributed by atoms with van der Waals surface area (Å²) in [7, 11) is -7.47. The molecular formula is C14H28N2O6P2S4. The van der Waals surface area contributed by atoms with Crippen molar-refractivity contribution in [1.82, 2.24) is 0 Å². The summed E-state index contributed by atoms with van der Waals surface area (Å²) in [6.45, 7) is 8.45. The third-order valence-corrected chi connectivity index (χ3v) is 11.9. The Kier molecular flexibility index (Phi) is 12.4. The Morgan fingerprint density at radius 3 is 1.86 bits per heavy atom. The molecule has 2 saturated heterocycles. The van der Waals surface area contributed by atoms with Crippen molar-refractivity contribution in [1.29, 1.82) is 0 Å². The van der Waals surface area contributed by atoms with Gasteiger partial charge in [0, 0.05) is 22.0 Å². The minimum Gasteiger partial charge on any atom is -0.307 e. The molecule has 14 heteroatoms. The summed E-state index contributed by atoms with van der Waals surface area (Å²) in [4.78, 5) is 17.4. The second-order valence-electron chi connectivity index (χ2n) is 5.53. The van der Waals surface area contributed by atoms with E-state index in [2.05, 4.69) is 23.4 Å². The number of rotatable bonds is 8. The van der Waals surface area contributed by atoms with E-state index in [0.29, 0.717) is 17.6 Å². The Morgan fingerprint density at radius 1 is 0.929 bits per heavy atom. The Labute approximate surface area is 184 Å². The highest BCUT2D eigenvalue weighted by molar-refractivity contribution is 8.42. The maximum absolute atomic E-state index is 11.9. The molecule has 0 amide bonds. The average Bonchev–Trinajstić information content (AvgIpc) is 3.24. The van der Waals surface area contributed by atoms with Gasteiger partial charge in [-0.3, -0.25) is 9.05 Å². The molecule has 2 fully saturated rings. The fourth-order valence-electron chi connectivity index (χ4n) is 2.07. The maximum atomic E-state index is 11.9. The van der Waals surface area contributed by atoms with Crippen LogP contribution in [0, 0.1) is 0 Å². The molecule has 0 aromatic carbocycles. The van der Waals surface area contributed by atoms with Crippen molar-refractivity contribution in [3.8, 4) is 0 Å². The fraction of sp³-hybridized carbons (Fsp3) is 0.857. The predicted molar refractivity (Wildman–Crippen MR) is 126 cm³/mol. The van der Waals surface area contributed by atoms with Crippen LogP contribution in [0.4, 0.5) is 0 Å². The molecule has 2 aliphatic heterocycles. The average molecular weight is 511 g/mol. The standard InChI is InChI=1S/2C7H14NO3PS2/c1-3-7(4-2)5-13-6(14-7)8-12(9,10)11;1-3-10-12(9,11-4-2)8-7-13-5-6-14-7/h3-5H2,1-2H3,(H2,9,10,11);3-6H2,1-2H3. The van der Waals surface area contributed by atoms with E-state index in [0.717, 1.165) is 34.5 Å². The molecule has 2 heterocycles. The molecule has 0 aliphatic carbocycles. The van der Waals surface area contributed by atoms with Crippen LogP contribution in [0.1, 0.15) is 40.5 Å². The van der Waals surface area contributed by atoms with Crippen LogP contribution in [0.15, 0.2) is 9.53 Å². The summed E-state index contributed by atoms with van der Waals surface area (Å²) < 4.78 is 41.6. The van der Waals surface area contributed by atoms with Gasteiger partial charge in [0.1, 0.15) is 8.75 Å². The van der Waals surface area contributed by atoms with Gasteiger partial charge >= 0.3 is 15.5 Å². The number of thioether (sulfide) groups is 4. The van der Waals surface area contributed by atoms with Gasteiger partial charge in [-0.05, 0) is 26.7 Å². The van der Waals surface area contributed by atoms with E-state index in [9.17, 15) is 9.13 Å². The zero-order chi connectivity index (χ0) is 21.3. The van der Waals surface area contributed by atoms with Crippen LogP contribution in [0.25, 0.3) is 0 Å². The lowest BCUT2D eigenvalue weighted by molar-refractivity contribution is 0.221. The smallest absolute Gasteiger partial charge is 0.307 e. The van der Waals surface area contributed by atoms with Crippen LogP contribution < -0.4 is 0 Å². The number of hydrogen-bond donors (Lipinski definition) is 2. The lowest BCUT2D eigenvalue weighted by Gasteiger charge is -2.22. The minimum absolute atomic E-state index is 0.124. The van der Waals surface area contributed by atoms with Gasteiger partial charge < -0.3 is 9.79 Å². The van der Waals surface area contributed by atoms with Crippen LogP contribution >= 0.6 is 62.5 Å². The summed E-state index contributed by atoms with van der Waals surface area (Å²) in [6, 6.07) is 0.